The van der Waals surface area contributed by atoms with Crippen LogP contribution >= 0.6 is 8.20 Å². The van der Waals surface area contributed by atoms with E-state index in [0.29, 0.717) is 22.7 Å². The first-order valence-electron chi connectivity index (χ1n) is 6.22. The number of methoxy groups -OCH3 is 2. The third-order valence-corrected chi connectivity index (χ3v) is 4.62. The molecule has 0 aliphatic heterocycles. The van der Waals surface area contributed by atoms with Crippen LogP contribution in [0.3, 0.4) is 0 Å². The van der Waals surface area contributed by atoms with Crippen LogP contribution in [0.5, 0.6) is 11.5 Å². The summed E-state index contributed by atoms with van der Waals surface area (Å²) < 4.78 is 10.4. The van der Waals surface area contributed by atoms with Crippen molar-refractivity contribution in [3.8, 4) is 11.5 Å². The van der Waals surface area contributed by atoms with Gasteiger partial charge in [0.15, 0.2) is 0 Å². The Balaban J connectivity index is 2.25. The molecule has 2 rings (SSSR count). The van der Waals surface area contributed by atoms with Crippen molar-refractivity contribution in [1.82, 2.24) is 0 Å². The minimum atomic E-state index is 0.154. The maximum Gasteiger partial charge on any atom is 0.129 e. The van der Waals surface area contributed by atoms with Crippen molar-refractivity contribution >= 4 is 13.7 Å². The first-order valence-corrected chi connectivity index (χ1v) is 7.18. The number of rotatable bonds is 4. The fourth-order valence-electron chi connectivity index (χ4n) is 2.24. The van der Waals surface area contributed by atoms with E-state index in [0.717, 1.165) is 8.20 Å². The molecule has 3 nitrogen and oxygen atoms in total. The molecule has 0 spiro atoms. The van der Waals surface area contributed by atoms with Gasteiger partial charge < -0.3 is 14.6 Å². The molecule has 18 heavy (non-hydrogen) atoms. The van der Waals surface area contributed by atoms with Gasteiger partial charge in [0.1, 0.15) is 11.5 Å². The third-order valence-electron chi connectivity index (χ3n) is 3.26. The van der Waals surface area contributed by atoms with Gasteiger partial charge in [-0.2, -0.15) is 0 Å². The number of benzene rings is 1. The Morgan fingerprint density at radius 1 is 1.22 bits per heavy atom. The summed E-state index contributed by atoms with van der Waals surface area (Å²) in [4.78, 5) is 0. The van der Waals surface area contributed by atoms with Crippen molar-refractivity contribution in [3.63, 3.8) is 0 Å². The van der Waals surface area contributed by atoms with E-state index in [9.17, 15) is 5.11 Å². The molecule has 0 heterocycles. The highest BCUT2D eigenvalue weighted by molar-refractivity contribution is 7.41. The summed E-state index contributed by atoms with van der Waals surface area (Å²) in [5.74, 6) is 1.31. The molecule has 0 amide bonds. The van der Waals surface area contributed by atoms with Crippen molar-refractivity contribution in [2.75, 3.05) is 14.2 Å². The van der Waals surface area contributed by atoms with Crippen LogP contribution in [-0.4, -0.2) is 25.4 Å². The van der Waals surface area contributed by atoms with Crippen LogP contribution in [0.2, 0.25) is 0 Å². The molecule has 0 N–H and O–H groups in total. The van der Waals surface area contributed by atoms with Gasteiger partial charge in [0.2, 0.25) is 0 Å². The highest BCUT2D eigenvalue weighted by Gasteiger charge is 2.13. The predicted molar refractivity (Wildman–Crippen MR) is 72.8 cm³/mol. The molecule has 0 saturated heterocycles. The van der Waals surface area contributed by atoms with Crippen LogP contribution in [0.4, 0.5) is 0 Å². The third kappa shape index (κ3) is 3.04. The lowest BCUT2D eigenvalue weighted by Gasteiger charge is -2.18. The van der Waals surface area contributed by atoms with E-state index >= 15 is 0 Å². The Morgan fingerprint density at radius 2 is 1.94 bits per heavy atom. The molecular formula is C14H18O3P-. The van der Waals surface area contributed by atoms with Crippen LogP contribution in [0.25, 0.3) is 0 Å². The predicted octanol–water partition coefficient (Wildman–Crippen LogP) is 2.43. The van der Waals surface area contributed by atoms with E-state index < -0.39 is 0 Å². The van der Waals surface area contributed by atoms with E-state index in [1.807, 2.05) is 0 Å². The molecule has 1 aliphatic rings. The molecule has 4 heteroatoms. The quantitative estimate of drug-likeness (QED) is 0.785. The maximum atomic E-state index is 12.2. The van der Waals surface area contributed by atoms with Crippen LogP contribution in [0.1, 0.15) is 31.2 Å². The SMILES string of the molecule is COc1ccc(C([O-])=PC2CCCC2)c(OC)c1. The number of hydrogen-bond acceptors (Lipinski definition) is 3. The van der Waals surface area contributed by atoms with Gasteiger partial charge in [-0.15, -0.1) is 13.7 Å². The molecule has 0 unspecified atom stereocenters. The molecule has 0 bridgehead atoms. The molecule has 0 radical (unpaired) electrons. The maximum absolute atomic E-state index is 12.2. The lowest BCUT2D eigenvalue weighted by molar-refractivity contribution is -0.207. The van der Waals surface area contributed by atoms with E-state index in [-0.39, 0.29) is 5.48 Å². The summed E-state index contributed by atoms with van der Waals surface area (Å²) in [6, 6.07) is 5.36. The summed E-state index contributed by atoms with van der Waals surface area (Å²) in [6.07, 6.45) is 4.85. The second-order valence-electron chi connectivity index (χ2n) is 4.44. The van der Waals surface area contributed by atoms with Crippen molar-refractivity contribution in [2.45, 2.75) is 31.3 Å². The molecule has 1 aromatic carbocycles. The molecule has 1 saturated carbocycles. The molecule has 0 atom stereocenters. The smallest absolute Gasteiger partial charge is 0.129 e. The Labute approximate surface area is 110 Å². The Bertz CT molecular complexity index is 437. The minimum absolute atomic E-state index is 0.154. The Morgan fingerprint density at radius 3 is 2.56 bits per heavy atom. The second kappa shape index (κ2) is 6.21. The van der Waals surface area contributed by atoms with E-state index in [1.165, 1.54) is 25.7 Å². The van der Waals surface area contributed by atoms with Gasteiger partial charge in [0, 0.05) is 11.6 Å². The van der Waals surface area contributed by atoms with E-state index in [1.54, 1.807) is 32.4 Å². The van der Waals surface area contributed by atoms with E-state index in [4.69, 9.17) is 9.47 Å². The van der Waals surface area contributed by atoms with Crippen LogP contribution in [-0.2, 0) is 0 Å². The Hall–Kier alpha value is -1.05. The molecular weight excluding hydrogens is 247 g/mol. The highest BCUT2D eigenvalue weighted by atomic mass is 31.1. The fraction of sp³-hybridized carbons (Fsp3) is 0.500. The Kier molecular flexibility index (Phi) is 4.62. The molecule has 1 fully saturated rings. The van der Waals surface area contributed by atoms with Gasteiger partial charge in [-0.25, -0.2) is 0 Å². The second-order valence-corrected chi connectivity index (χ2v) is 5.83. The number of hydrogen-bond donors (Lipinski definition) is 0. The van der Waals surface area contributed by atoms with Gasteiger partial charge >= 0.3 is 0 Å². The largest absolute Gasteiger partial charge is 0.823 e. The monoisotopic (exact) mass is 265 g/mol. The fourth-order valence-corrected chi connectivity index (χ4v) is 3.52. The minimum Gasteiger partial charge on any atom is -0.823 e. The zero-order valence-corrected chi connectivity index (χ0v) is 11.7. The topological polar surface area (TPSA) is 41.5 Å². The van der Waals surface area contributed by atoms with Gasteiger partial charge in [0.05, 0.1) is 14.2 Å². The molecule has 1 aromatic rings. The van der Waals surface area contributed by atoms with E-state index in [2.05, 4.69) is 0 Å². The zero-order chi connectivity index (χ0) is 13.0. The summed E-state index contributed by atoms with van der Waals surface area (Å²) in [5, 5.41) is 12.2. The van der Waals surface area contributed by atoms with Crippen LogP contribution < -0.4 is 14.6 Å². The van der Waals surface area contributed by atoms with Crippen molar-refractivity contribution < 1.29 is 14.6 Å². The average molecular weight is 265 g/mol. The average Bonchev–Trinajstić information content (AvgIpc) is 2.90. The summed E-state index contributed by atoms with van der Waals surface area (Å²) >= 11 is 0. The van der Waals surface area contributed by atoms with Gasteiger partial charge in [-0.3, -0.25) is 0 Å². The lowest BCUT2D eigenvalue weighted by Crippen LogP contribution is -2.18. The van der Waals surface area contributed by atoms with Crippen LogP contribution in [0.15, 0.2) is 18.2 Å². The van der Waals surface area contributed by atoms with Crippen molar-refractivity contribution in [3.05, 3.63) is 23.8 Å². The van der Waals surface area contributed by atoms with Crippen molar-refractivity contribution in [1.29, 1.82) is 0 Å². The standard InChI is InChI=1S/C14H19O3P/c1-16-10-7-8-12(13(9-10)17-2)14(15)18-11-5-3-4-6-11/h7-9,11,15H,3-6H2,1-2H3/p-1. The first-order chi connectivity index (χ1) is 8.74. The normalized spacial score (nSPS) is 16.9. The summed E-state index contributed by atoms with van der Waals surface area (Å²) in [7, 11) is 4.09. The lowest BCUT2D eigenvalue weighted by atomic mass is 10.2. The van der Waals surface area contributed by atoms with Crippen molar-refractivity contribution in [2.24, 2.45) is 0 Å². The molecule has 0 aromatic heterocycles. The highest BCUT2D eigenvalue weighted by Crippen LogP contribution is 2.32. The number of ether oxygens (including phenoxy) is 2. The molecule has 98 valence electrons. The molecule has 1 aliphatic carbocycles. The van der Waals surface area contributed by atoms with Gasteiger partial charge in [0.25, 0.3) is 0 Å². The van der Waals surface area contributed by atoms with Gasteiger partial charge in [-0.05, 0) is 30.6 Å². The zero-order valence-electron chi connectivity index (χ0n) is 10.8. The summed E-state index contributed by atoms with van der Waals surface area (Å²) in [6.45, 7) is 0. The van der Waals surface area contributed by atoms with Crippen LogP contribution in [0, 0.1) is 0 Å². The van der Waals surface area contributed by atoms with Gasteiger partial charge in [-0.1, -0.05) is 12.8 Å². The summed E-state index contributed by atoms with van der Waals surface area (Å²) in [5.41, 5.74) is 1.34. The first kappa shape index (κ1) is 13.4.